The molecule has 14 nitrogen and oxygen atoms in total. The predicted octanol–water partition coefficient (Wildman–Crippen LogP) is -0.599. The van der Waals surface area contributed by atoms with E-state index < -0.39 is 47.6 Å². The van der Waals surface area contributed by atoms with E-state index in [1.54, 1.807) is 0 Å². The number of carbonyl (C=O) groups excluding carboxylic acids is 5. The second-order valence-corrected chi connectivity index (χ2v) is 8.51. The molecule has 0 aromatic rings. The highest BCUT2D eigenvalue weighted by molar-refractivity contribution is 5.91. The highest BCUT2D eigenvalue weighted by Crippen LogP contribution is 1.98. The lowest BCUT2D eigenvalue weighted by atomic mass is 10.2. The third kappa shape index (κ3) is 18.3. The monoisotopic (exact) mass is 557 g/mol. The van der Waals surface area contributed by atoms with Crippen LogP contribution in [0.3, 0.4) is 0 Å². The van der Waals surface area contributed by atoms with Crippen LogP contribution in [0.4, 0.5) is 0 Å². The minimum atomic E-state index is -1.33. The first-order chi connectivity index (χ1) is 18.3. The van der Waals surface area contributed by atoms with Crippen molar-refractivity contribution in [1.29, 1.82) is 0 Å². The van der Waals surface area contributed by atoms with E-state index in [4.69, 9.17) is 24.7 Å². The molecule has 0 rings (SSSR count). The van der Waals surface area contributed by atoms with Gasteiger partial charge in [0.25, 0.3) is 0 Å². The standard InChI is InChI=1S/C25H39N3O11/c1-16(2)24(34)38-11-5-9-36-14-19(26)22(31)27-13-18(29)7-8-21(30)28-20(23(32)33)15-37-10-6-12-39-25(35)17(3)4/h19-20H,1,3,5-15,26H2,2,4H3,(H,27,31)(H,28,30)(H,32,33)/t19-,20-/m0/s1. The molecule has 0 radical (unpaired) electrons. The van der Waals surface area contributed by atoms with Gasteiger partial charge < -0.3 is 40.4 Å². The number of ether oxygens (including phenoxy) is 4. The molecule has 2 amide bonds. The molecule has 0 unspecified atom stereocenters. The van der Waals surface area contributed by atoms with Crippen LogP contribution >= 0.6 is 0 Å². The van der Waals surface area contributed by atoms with Gasteiger partial charge in [-0.15, -0.1) is 0 Å². The molecule has 220 valence electrons. The number of carboxylic acids is 1. The summed E-state index contributed by atoms with van der Waals surface area (Å²) in [5.41, 5.74) is 6.24. The summed E-state index contributed by atoms with van der Waals surface area (Å²) in [6, 6.07) is -2.37. The van der Waals surface area contributed by atoms with E-state index in [0.29, 0.717) is 12.8 Å². The van der Waals surface area contributed by atoms with E-state index in [0.717, 1.165) is 0 Å². The van der Waals surface area contributed by atoms with E-state index in [9.17, 15) is 33.9 Å². The molecule has 0 aliphatic heterocycles. The molecule has 14 heteroatoms. The normalized spacial score (nSPS) is 12.0. The lowest BCUT2D eigenvalue weighted by molar-refractivity contribution is -0.143. The average Bonchev–Trinajstić information content (AvgIpc) is 2.88. The van der Waals surface area contributed by atoms with Crippen LogP contribution in [-0.2, 0) is 47.7 Å². The Balaban J connectivity index is 4.09. The number of carboxylic acid groups (broad SMARTS) is 1. The van der Waals surface area contributed by atoms with Gasteiger partial charge in [0.15, 0.2) is 11.8 Å². The van der Waals surface area contributed by atoms with Gasteiger partial charge >= 0.3 is 17.9 Å². The Hall–Kier alpha value is -3.62. The smallest absolute Gasteiger partial charge is 0.333 e. The molecule has 0 saturated carbocycles. The van der Waals surface area contributed by atoms with Crippen molar-refractivity contribution in [3.05, 3.63) is 24.3 Å². The van der Waals surface area contributed by atoms with Crippen molar-refractivity contribution >= 4 is 35.5 Å². The van der Waals surface area contributed by atoms with E-state index in [1.165, 1.54) is 13.8 Å². The van der Waals surface area contributed by atoms with Gasteiger partial charge in [-0.1, -0.05) is 13.2 Å². The van der Waals surface area contributed by atoms with Gasteiger partial charge in [0.1, 0.15) is 6.04 Å². The van der Waals surface area contributed by atoms with Crippen molar-refractivity contribution in [1.82, 2.24) is 10.6 Å². The van der Waals surface area contributed by atoms with Crippen LogP contribution in [0.2, 0.25) is 0 Å². The van der Waals surface area contributed by atoms with Gasteiger partial charge in [-0.05, 0) is 13.8 Å². The number of rotatable bonds is 22. The Bertz CT molecular complexity index is 888. The van der Waals surface area contributed by atoms with Gasteiger partial charge in [-0.25, -0.2) is 14.4 Å². The van der Waals surface area contributed by atoms with Crippen molar-refractivity contribution in [2.45, 2.75) is 51.6 Å². The van der Waals surface area contributed by atoms with Crippen LogP contribution < -0.4 is 16.4 Å². The highest BCUT2D eigenvalue weighted by atomic mass is 16.5. The van der Waals surface area contributed by atoms with Gasteiger partial charge in [-0.3, -0.25) is 14.4 Å². The van der Waals surface area contributed by atoms with E-state index >= 15 is 0 Å². The van der Waals surface area contributed by atoms with Crippen LogP contribution in [0.25, 0.3) is 0 Å². The first kappa shape index (κ1) is 35.4. The van der Waals surface area contributed by atoms with Crippen LogP contribution in [0.1, 0.15) is 39.5 Å². The molecule has 0 heterocycles. The molecule has 2 atom stereocenters. The molecule has 39 heavy (non-hydrogen) atoms. The molecular formula is C25H39N3O11. The lowest BCUT2D eigenvalue weighted by Crippen LogP contribution is -2.45. The first-order valence-corrected chi connectivity index (χ1v) is 12.2. The fraction of sp³-hybridized carbons (Fsp3) is 0.600. The summed E-state index contributed by atoms with van der Waals surface area (Å²) >= 11 is 0. The molecule has 0 saturated heterocycles. The molecule has 0 aromatic heterocycles. The number of hydrogen-bond acceptors (Lipinski definition) is 11. The second kappa shape index (κ2) is 20.4. The second-order valence-electron chi connectivity index (χ2n) is 8.51. The molecule has 0 spiro atoms. The SMILES string of the molecule is C=C(C)C(=O)OCCCOC[C@H](NC(=O)CCC(=O)CNC(=O)[C@@H](N)COCCCOC(=O)C(=C)C)C(=O)O. The third-order valence-electron chi connectivity index (χ3n) is 4.67. The van der Waals surface area contributed by atoms with Crippen molar-refractivity contribution in [2.24, 2.45) is 5.73 Å². The molecule has 0 bridgehead atoms. The van der Waals surface area contributed by atoms with E-state index in [2.05, 4.69) is 23.8 Å². The van der Waals surface area contributed by atoms with Crippen LogP contribution in [0, 0.1) is 0 Å². The van der Waals surface area contributed by atoms with Crippen LogP contribution in [-0.4, -0.2) is 98.9 Å². The zero-order chi connectivity index (χ0) is 29.8. The van der Waals surface area contributed by atoms with Gasteiger partial charge in [0.05, 0.1) is 33.0 Å². The summed E-state index contributed by atoms with van der Waals surface area (Å²) in [7, 11) is 0. The zero-order valence-corrected chi connectivity index (χ0v) is 22.5. The molecule has 5 N–H and O–H groups in total. The summed E-state index contributed by atoms with van der Waals surface area (Å²) in [4.78, 5) is 69.8. The van der Waals surface area contributed by atoms with Gasteiger partial charge in [-0.2, -0.15) is 0 Å². The Labute approximate surface area is 227 Å². The largest absolute Gasteiger partial charge is 0.480 e. The summed E-state index contributed by atoms with van der Waals surface area (Å²) in [6.07, 6.45) is 0.195. The van der Waals surface area contributed by atoms with E-state index in [-0.39, 0.29) is 70.2 Å². The molecule has 0 fully saturated rings. The number of ketones is 1. The quantitative estimate of drug-likeness (QED) is 0.0747. The number of nitrogens with two attached hydrogens (primary N) is 1. The molecular weight excluding hydrogens is 518 g/mol. The molecule has 0 aliphatic rings. The zero-order valence-electron chi connectivity index (χ0n) is 22.5. The van der Waals surface area contributed by atoms with Crippen molar-refractivity contribution in [3.8, 4) is 0 Å². The number of amides is 2. The summed E-state index contributed by atoms with van der Waals surface area (Å²) in [5, 5.41) is 13.9. The van der Waals surface area contributed by atoms with Crippen molar-refractivity contribution in [3.63, 3.8) is 0 Å². The molecule has 0 aliphatic carbocycles. The number of nitrogens with one attached hydrogen (secondary N) is 2. The fourth-order valence-corrected chi connectivity index (χ4v) is 2.48. The topological polar surface area (TPSA) is 210 Å². The summed E-state index contributed by atoms with van der Waals surface area (Å²) in [6.45, 7) is 9.63. The molecule has 0 aromatic carbocycles. The van der Waals surface area contributed by atoms with Crippen molar-refractivity contribution in [2.75, 3.05) is 46.2 Å². The predicted molar refractivity (Wildman–Crippen MR) is 137 cm³/mol. The van der Waals surface area contributed by atoms with Crippen LogP contribution in [0.5, 0.6) is 0 Å². The number of esters is 2. The lowest BCUT2D eigenvalue weighted by Gasteiger charge is -2.15. The number of carbonyl (C=O) groups is 6. The van der Waals surface area contributed by atoms with Crippen molar-refractivity contribution < 1.29 is 52.8 Å². The number of aliphatic carboxylic acids is 1. The minimum Gasteiger partial charge on any atom is -0.480 e. The third-order valence-corrected chi connectivity index (χ3v) is 4.67. The van der Waals surface area contributed by atoms with Gasteiger partial charge in [0, 0.05) is 50.0 Å². The first-order valence-electron chi connectivity index (χ1n) is 12.2. The summed E-state index contributed by atoms with van der Waals surface area (Å²) < 4.78 is 20.2. The minimum absolute atomic E-state index is 0.0706. The maximum absolute atomic E-state index is 12.0. The number of hydrogen-bond donors (Lipinski definition) is 4. The Morgan fingerprint density at radius 3 is 1.82 bits per heavy atom. The number of Topliss-reactive ketones (excluding diaryl/α,β-unsaturated/α-hetero) is 1. The fourth-order valence-electron chi connectivity index (χ4n) is 2.48. The van der Waals surface area contributed by atoms with Gasteiger partial charge in [0.2, 0.25) is 11.8 Å². The maximum atomic E-state index is 12.0. The maximum Gasteiger partial charge on any atom is 0.333 e. The highest BCUT2D eigenvalue weighted by Gasteiger charge is 2.21. The average molecular weight is 558 g/mol. The van der Waals surface area contributed by atoms with Crippen LogP contribution in [0.15, 0.2) is 24.3 Å². The van der Waals surface area contributed by atoms with E-state index in [1.807, 2.05) is 0 Å². The Morgan fingerprint density at radius 1 is 0.821 bits per heavy atom. The summed E-state index contributed by atoms with van der Waals surface area (Å²) in [5.74, 6) is -4.13. The Morgan fingerprint density at radius 2 is 1.33 bits per heavy atom. The Kier molecular flexibility index (Phi) is 18.5.